The zero-order valence-electron chi connectivity index (χ0n) is 10.1. The molecule has 1 aliphatic rings. The van der Waals surface area contributed by atoms with Gasteiger partial charge in [-0.15, -0.1) is 0 Å². The van der Waals surface area contributed by atoms with Crippen molar-refractivity contribution in [1.82, 2.24) is 10.2 Å². The van der Waals surface area contributed by atoms with Crippen LogP contribution in [-0.2, 0) is 0 Å². The molecule has 1 fully saturated rings. The molecule has 0 radical (unpaired) electrons. The topological polar surface area (TPSA) is 15.3 Å². The molecule has 0 aliphatic carbocycles. The molecular weight excluding hydrogens is 172 g/mol. The fraction of sp³-hybridized carbons (Fsp3) is 1.00. The lowest BCUT2D eigenvalue weighted by Crippen LogP contribution is -2.44. The van der Waals surface area contributed by atoms with Crippen LogP contribution in [0.15, 0.2) is 0 Å². The van der Waals surface area contributed by atoms with Crippen LogP contribution in [-0.4, -0.2) is 36.6 Å². The van der Waals surface area contributed by atoms with E-state index in [4.69, 9.17) is 0 Å². The van der Waals surface area contributed by atoms with Gasteiger partial charge in [-0.05, 0) is 46.2 Å². The van der Waals surface area contributed by atoms with Crippen LogP contribution >= 0.6 is 0 Å². The van der Waals surface area contributed by atoms with Gasteiger partial charge >= 0.3 is 0 Å². The molecule has 2 heteroatoms. The van der Waals surface area contributed by atoms with Gasteiger partial charge in [0.15, 0.2) is 0 Å². The van der Waals surface area contributed by atoms with E-state index < -0.39 is 0 Å². The number of nitrogens with one attached hydrogen (secondary N) is 1. The second kappa shape index (κ2) is 6.41. The Kier molecular flexibility index (Phi) is 5.49. The van der Waals surface area contributed by atoms with Crippen molar-refractivity contribution in [3.63, 3.8) is 0 Å². The van der Waals surface area contributed by atoms with Crippen molar-refractivity contribution in [2.24, 2.45) is 0 Å². The third-order valence-electron chi connectivity index (χ3n) is 3.39. The predicted molar refractivity (Wildman–Crippen MR) is 62.6 cm³/mol. The summed E-state index contributed by atoms with van der Waals surface area (Å²) in [4.78, 5) is 2.62. The van der Waals surface area contributed by atoms with Crippen molar-refractivity contribution < 1.29 is 0 Å². The Bertz CT molecular complexity index is 141. The summed E-state index contributed by atoms with van der Waals surface area (Å²) < 4.78 is 0. The van der Waals surface area contributed by atoms with Gasteiger partial charge in [-0.1, -0.05) is 13.3 Å². The standard InChI is InChI=1S/C12H26N2/c1-4-11(2)13-10-12(3)14-8-6-5-7-9-14/h11-13H,4-10H2,1-3H3. The molecule has 1 heterocycles. The molecule has 0 bridgehead atoms. The van der Waals surface area contributed by atoms with E-state index in [1.54, 1.807) is 0 Å². The maximum atomic E-state index is 3.59. The first-order valence-electron chi connectivity index (χ1n) is 6.21. The van der Waals surface area contributed by atoms with Gasteiger partial charge < -0.3 is 5.32 Å². The smallest absolute Gasteiger partial charge is 0.0192 e. The van der Waals surface area contributed by atoms with Crippen molar-refractivity contribution in [1.29, 1.82) is 0 Å². The largest absolute Gasteiger partial charge is 0.313 e. The summed E-state index contributed by atoms with van der Waals surface area (Å²) >= 11 is 0. The van der Waals surface area contributed by atoms with Crippen molar-refractivity contribution in [2.75, 3.05) is 19.6 Å². The third kappa shape index (κ3) is 3.97. The minimum atomic E-state index is 0.669. The van der Waals surface area contributed by atoms with E-state index in [0.29, 0.717) is 12.1 Å². The first-order chi connectivity index (χ1) is 6.74. The van der Waals surface area contributed by atoms with Crippen molar-refractivity contribution in [3.8, 4) is 0 Å². The first-order valence-corrected chi connectivity index (χ1v) is 6.21. The number of hydrogen-bond acceptors (Lipinski definition) is 2. The fourth-order valence-electron chi connectivity index (χ4n) is 2.00. The zero-order chi connectivity index (χ0) is 10.4. The highest BCUT2D eigenvalue weighted by Gasteiger charge is 2.16. The third-order valence-corrected chi connectivity index (χ3v) is 3.39. The summed E-state index contributed by atoms with van der Waals surface area (Å²) in [5.74, 6) is 0. The molecule has 2 unspecified atom stereocenters. The Balaban J connectivity index is 2.16. The number of piperidine rings is 1. The van der Waals surface area contributed by atoms with Gasteiger partial charge in [0.2, 0.25) is 0 Å². The molecule has 1 saturated heterocycles. The van der Waals surface area contributed by atoms with E-state index in [0.717, 1.165) is 6.54 Å². The predicted octanol–water partition coefficient (Wildman–Crippen LogP) is 2.25. The van der Waals surface area contributed by atoms with Gasteiger partial charge in [-0.25, -0.2) is 0 Å². The molecule has 84 valence electrons. The van der Waals surface area contributed by atoms with Gasteiger partial charge in [0.05, 0.1) is 0 Å². The Labute approximate surface area is 89.1 Å². The minimum Gasteiger partial charge on any atom is -0.313 e. The summed E-state index contributed by atoms with van der Waals surface area (Å²) in [7, 11) is 0. The number of hydrogen-bond donors (Lipinski definition) is 1. The highest BCUT2D eigenvalue weighted by Crippen LogP contribution is 2.11. The van der Waals surface area contributed by atoms with Gasteiger partial charge in [-0.2, -0.15) is 0 Å². The number of rotatable bonds is 5. The lowest BCUT2D eigenvalue weighted by Gasteiger charge is -2.33. The zero-order valence-corrected chi connectivity index (χ0v) is 10.1. The molecule has 0 aromatic heterocycles. The van der Waals surface area contributed by atoms with Crippen LogP contribution in [0.25, 0.3) is 0 Å². The van der Waals surface area contributed by atoms with E-state index in [2.05, 4.69) is 31.0 Å². The normalized spacial score (nSPS) is 23.4. The van der Waals surface area contributed by atoms with Crippen LogP contribution in [0.1, 0.15) is 46.5 Å². The Morgan fingerprint density at radius 2 is 1.79 bits per heavy atom. The van der Waals surface area contributed by atoms with Gasteiger partial charge in [0.1, 0.15) is 0 Å². The molecule has 14 heavy (non-hydrogen) atoms. The SMILES string of the molecule is CCC(C)NCC(C)N1CCCCC1. The van der Waals surface area contributed by atoms with Crippen LogP contribution in [0.5, 0.6) is 0 Å². The van der Waals surface area contributed by atoms with Gasteiger partial charge in [-0.3, -0.25) is 4.90 Å². The molecule has 0 aromatic rings. The van der Waals surface area contributed by atoms with Crippen LogP contribution in [0.4, 0.5) is 0 Å². The lowest BCUT2D eigenvalue weighted by atomic mass is 10.1. The maximum Gasteiger partial charge on any atom is 0.0192 e. The summed E-state index contributed by atoms with van der Waals surface area (Å²) in [6.07, 6.45) is 5.45. The molecular formula is C12H26N2. The average molecular weight is 198 g/mol. The van der Waals surface area contributed by atoms with E-state index in [-0.39, 0.29) is 0 Å². The molecule has 0 aromatic carbocycles. The van der Waals surface area contributed by atoms with E-state index in [1.165, 1.54) is 38.8 Å². The van der Waals surface area contributed by atoms with E-state index in [1.807, 2.05) is 0 Å². The highest BCUT2D eigenvalue weighted by molar-refractivity contribution is 4.74. The van der Waals surface area contributed by atoms with Crippen LogP contribution < -0.4 is 5.32 Å². The monoisotopic (exact) mass is 198 g/mol. The van der Waals surface area contributed by atoms with Crippen LogP contribution in [0.3, 0.4) is 0 Å². The second-order valence-corrected chi connectivity index (χ2v) is 4.66. The molecule has 1 rings (SSSR count). The van der Waals surface area contributed by atoms with Crippen LogP contribution in [0, 0.1) is 0 Å². The van der Waals surface area contributed by atoms with E-state index >= 15 is 0 Å². The van der Waals surface area contributed by atoms with Gasteiger partial charge in [0.25, 0.3) is 0 Å². The number of likely N-dealkylation sites (tertiary alicyclic amines) is 1. The molecule has 0 spiro atoms. The molecule has 1 N–H and O–H groups in total. The highest BCUT2D eigenvalue weighted by atomic mass is 15.2. The molecule has 0 amide bonds. The fourth-order valence-corrected chi connectivity index (χ4v) is 2.00. The first kappa shape index (κ1) is 12.0. The molecule has 2 nitrogen and oxygen atoms in total. The lowest BCUT2D eigenvalue weighted by molar-refractivity contribution is 0.168. The minimum absolute atomic E-state index is 0.669. The summed E-state index contributed by atoms with van der Waals surface area (Å²) in [5, 5.41) is 3.59. The van der Waals surface area contributed by atoms with Crippen molar-refractivity contribution in [2.45, 2.75) is 58.5 Å². The van der Waals surface area contributed by atoms with Crippen molar-refractivity contribution >= 4 is 0 Å². The number of nitrogens with zero attached hydrogens (tertiary/aromatic N) is 1. The molecule has 1 aliphatic heterocycles. The van der Waals surface area contributed by atoms with Gasteiger partial charge in [0, 0.05) is 18.6 Å². The quantitative estimate of drug-likeness (QED) is 0.729. The summed E-state index contributed by atoms with van der Waals surface area (Å²) in [6, 6.07) is 1.38. The summed E-state index contributed by atoms with van der Waals surface area (Å²) in [6.45, 7) is 10.6. The Morgan fingerprint density at radius 1 is 1.14 bits per heavy atom. The molecule has 2 atom stereocenters. The second-order valence-electron chi connectivity index (χ2n) is 4.66. The average Bonchev–Trinajstić information content (AvgIpc) is 2.26. The maximum absolute atomic E-state index is 3.59. The Hall–Kier alpha value is -0.0800. The van der Waals surface area contributed by atoms with Crippen molar-refractivity contribution in [3.05, 3.63) is 0 Å². The molecule has 0 saturated carbocycles. The summed E-state index contributed by atoms with van der Waals surface area (Å²) in [5.41, 5.74) is 0. The Morgan fingerprint density at radius 3 is 2.36 bits per heavy atom. The van der Waals surface area contributed by atoms with E-state index in [9.17, 15) is 0 Å². The van der Waals surface area contributed by atoms with Crippen LogP contribution in [0.2, 0.25) is 0 Å².